The summed E-state index contributed by atoms with van der Waals surface area (Å²) in [6.07, 6.45) is -4.72. The third-order valence-corrected chi connectivity index (χ3v) is 4.72. The maximum Gasteiger partial charge on any atom is 0.418 e. The Kier molecular flexibility index (Phi) is 5.40. The molecule has 2 N–H and O–H groups in total. The van der Waals surface area contributed by atoms with Crippen molar-refractivity contribution in [3.63, 3.8) is 0 Å². The first-order valence-electron chi connectivity index (χ1n) is 8.78. The number of non-ortho nitro benzene ring substituents is 1. The van der Waals surface area contributed by atoms with E-state index in [-0.39, 0.29) is 11.3 Å². The highest BCUT2D eigenvalue weighted by molar-refractivity contribution is 6.10. The molecule has 0 radical (unpaired) electrons. The van der Waals surface area contributed by atoms with Gasteiger partial charge in [0.2, 0.25) is 5.91 Å². The van der Waals surface area contributed by atoms with E-state index in [1.165, 1.54) is 31.2 Å². The largest absolute Gasteiger partial charge is 0.418 e. The second-order valence-corrected chi connectivity index (χ2v) is 6.85. The number of benzene rings is 2. The zero-order valence-corrected chi connectivity index (χ0v) is 15.9. The minimum Gasteiger partial charge on any atom is -0.324 e. The van der Waals surface area contributed by atoms with Gasteiger partial charge in [0.05, 0.1) is 16.2 Å². The Morgan fingerprint density at radius 3 is 2.52 bits per heavy atom. The lowest BCUT2D eigenvalue weighted by molar-refractivity contribution is -0.385. The molecule has 1 fully saturated rings. The molecule has 1 saturated heterocycles. The van der Waals surface area contributed by atoms with Gasteiger partial charge in [-0.2, -0.15) is 13.2 Å². The van der Waals surface area contributed by atoms with Gasteiger partial charge in [-0.25, -0.2) is 4.79 Å². The Morgan fingerprint density at radius 1 is 1.19 bits per heavy atom. The second-order valence-electron chi connectivity index (χ2n) is 6.85. The van der Waals surface area contributed by atoms with Crippen LogP contribution in [0.4, 0.5) is 29.3 Å². The van der Waals surface area contributed by atoms with Gasteiger partial charge >= 0.3 is 12.2 Å². The molecule has 3 rings (SSSR count). The van der Waals surface area contributed by atoms with Crippen LogP contribution in [0.15, 0.2) is 48.5 Å². The van der Waals surface area contributed by atoms with Gasteiger partial charge in [0.25, 0.3) is 11.6 Å². The molecular formula is C19H15F3N4O5. The summed E-state index contributed by atoms with van der Waals surface area (Å²) in [7, 11) is 0. The van der Waals surface area contributed by atoms with Crippen molar-refractivity contribution in [2.24, 2.45) is 0 Å². The summed E-state index contributed by atoms with van der Waals surface area (Å²) in [5.41, 5.74) is -3.48. The molecule has 162 valence electrons. The molecule has 2 aromatic rings. The van der Waals surface area contributed by atoms with Crippen molar-refractivity contribution < 1.29 is 32.5 Å². The van der Waals surface area contributed by atoms with Crippen molar-refractivity contribution in [2.45, 2.75) is 18.6 Å². The predicted molar refractivity (Wildman–Crippen MR) is 101 cm³/mol. The summed E-state index contributed by atoms with van der Waals surface area (Å²) < 4.78 is 39.2. The third-order valence-electron chi connectivity index (χ3n) is 4.72. The molecule has 9 nitrogen and oxygen atoms in total. The molecule has 0 aliphatic carbocycles. The SMILES string of the molecule is CC1(c2cccc([N+](=O)[O-])c2)NC(=O)N(CC(=O)Nc2ccccc2C(F)(F)F)C1=O. The predicted octanol–water partition coefficient (Wildman–Crippen LogP) is 3.02. The lowest BCUT2D eigenvalue weighted by Crippen LogP contribution is -2.42. The van der Waals surface area contributed by atoms with E-state index >= 15 is 0 Å². The van der Waals surface area contributed by atoms with Crippen LogP contribution >= 0.6 is 0 Å². The summed E-state index contributed by atoms with van der Waals surface area (Å²) in [6.45, 7) is 0.463. The number of nitrogens with one attached hydrogen (secondary N) is 2. The van der Waals surface area contributed by atoms with Gasteiger partial charge in [-0.15, -0.1) is 0 Å². The van der Waals surface area contributed by atoms with Gasteiger partial charge in [-0.1, -0.05) is 24.3 Å². The van der Waals surface area contributed by atoms with Crippen molar-refractivity contribution in [3.8, 4) is 0 Å². The molecule has 2 aromatic carbocycles. The Balaban J connectivity index is 1.80. The number of nitrogens with zero attached hydrogens (tertiary/aromatic N) is 2. The Hall–Kier alpha value is -3.96. The molecule has 31 heavy (non-hydrogen) atoms. The Labute approximate surface area is 173 Å². The number of rotatable bonds is 5. The van der Waals surface area contributed by atoms with E-state index in [9.17, 15) is 37.7 Å². The molecule has 0 aromatic heterocycles. The van der Waals surface area contributed by atoms with Crippen LogP contribution in [0.1, 0.15) is 18.1 Å². The summed E-state index contributed by atoms with van der Waals surface area (Å²) in [4.78, 5) is 48.3. The van der Waals surface area contributed by atoms with E-state index in [2.05, 4.69) is 10.6 Å². The minimum atomic E-state index is -4.72. The van der Waals surface area contributed by atoms with Gasteiger partial charge in [-0.3, -0.25) is 24.6 Å². The summed E-state index contributed by atoms with van der Waals surface area (Å²) in [5.74, 6) is -1.90. The average Bonchev–Trinajstić information content (AvgIpc) is 2.91. The fourth-order valence-electron chi connectivity index (χ4n) is 3.14. The monoisotopic (exact) mass is 436 g/mol. The van der Waals surface area contributed by atoms with Crippen LogP contribution in [0, 0.1) is 10.1 Å². The quantitative estimate of drug-likeness (QED) is 0.424. The van der Waals surface area contributed by atoms with E-state index in [0.717, 1.165) is 24.3 Å². The van der Waals surface area contributed by atoms with Gasteiger partial charge in [0.15, 0.2) is 0 Å². The fraction of sp³-hybridized carbons (Fsp3) is 0.211. The lowest BCUT2D eigenvalue weighted by Gasteiger charge is -2.22. The smallest absolute Gasteiger partial charge is 0.324 e. The highest BCUT2D eigenvalue weighted by Crippen LogP contribution is 2.35. The average molecular weight is 436 g/mol. The molecule has 12 heteroatoms. The maximum absolute atomic E-state index is 13.1. The summed E-state index contributed by atoms with van der Waals surface area (Å²) >= 11 is 0. The van der Waals surface area contributed by atoms with Crippen molar-refractivity contribution in [1.29, 1.82) is 0 Å². The van der Waals surface area contributed by atoms with Crippen LogP contribution in [0.5, 0.6) is 0 Å². The highest BCUT2D eigenvalue weighted by atomic mass is 19.4. The topological polar surface area (TPSA) is 122 Å². The number of para-hydroxylation sites is 1. The van der Waals surface area contributed by atoms with E-state index in [1.807, 2.05) is 0 Å². The number of hydrogen-bond acceptors (Lipinski definition) is 5. The van der Waals surface area contributed by atoms with Crippen molar-refractivity contribution in [1.82, 2.24) is 10.2 Å². The molecule has 1 aliphatic rings. The van der Waals surface area contributed by atoms with Crippen LogP contribution in [0.25, 0.3) is 0 Å². The summed E-state index contributed by atoms with van der Waals surface area (Å²) in [6, 6.07) is 8.36. The van der Waals surface area contributed by atoms with Crippen molar-refractivity contribution >= 4 is 29.2 Å². The maximum atomic E-state index is 13.1. The molecule has 0 bridgehead atoms. The third kappa shape index (κ3) is 4.17. The highest BCUT2D eigenvalue weighted by Gasteiger charge is 2.50. The fourth-order valence-corrected chi connectivity index (χ4v) is 3.14. The number of carbonyl (C=O) groups excluding carboxylic acids is 3. The number of nitro groups is 1. The Bertz CT molecular complexity index is 1090. The molecule has 1 atom stereocenters. The molecule has 0 saturated carbocycles. The Morgan fingerprint density at radius 2 is 1.87 bits per heavy atom. The first-order chi connectivity index (χ1) is 14.4. The number of alkyl halides is 3. The lowest BCUT2D eigenvalue weighted by atomic mass is 9.91. The number of halogens is 3. The van der Waals surface area contributed by atoms with Gasteiger partial charge in [0, 0.05) is 12.1 Å². The van der Waals surface area contributed by atoms with Crippen molar-refractivity contribution in [2.75, 3.05) is 11.9 Å². The van der Waals surface area contributed by atoms with Gasteiger partial charge in [-0.05, 0) is 24.6 Å². The first kappa shape index (κ1) is 21.7. The molecule has 1 aliphatic heterocycles. The number of carbonyl (C=O) groups is 3. The normalized spacial score (nSPS) is 18.6. The van der Waals surface area contributed by atoms with Crippen LogP contribution in [-0.2, 0) is 21.3 Å². The zero-order valence-electron chi connectivity index (χ0n) is 15.9. The number of anilines is 1. The van der Waals surface area contributed by atoms with E-state index < -0.39 is 52.3 Å². The zero-order chi connectivity index (χ0) is 23.0. The van der Waals surface area contributed by atoms with E-state index in [0.29, 0.717) is 4.90 Å². The molecule has 4 amide bonds. The number of amides is 4. The standard InChI is InChI=1S/C19H15F3N4O5/c1-18(11-5-4-6-12(9-11)26(30)31)16(28)25(17(29)24-18)10-15(27)23-14-8-3-2-7-13(14)19(20,21)22/h2-9H,10H2,1H3,(H,23,27)(H,24,29). The van der Waals surface area contributed by atoms with Crippen LogP contribution in [0.3, 0.4) is 0 Å². The van der Waals surface area contributed by atoms with Crippen LogP contribution in [-0.4, -0.2) is 34.2 Å². The number of nitro benzene ring substituents is 1. The van der Waals surface area contributed by atoms with E-state index in [1.54, 1.807) is 0 Å². The van der Waals surface area contributed by atoms with Gasteiger partial charge < -0.3 is 10.6 Å². The summed E-state index contributed by atoms with van der Waals surface area (Å²) in [5, 5.41) is 15.4. The molecule has 1 heterocycles. The number of hydrogen-bond donors (Lipinski definition) is 2. The number of imide groups is 1. The van der Waals surface area contributed by atoms with Gasteiger partial charge in [0.1, 0.15) is 12.1 Å². The van der Waals surface area contributed by atoms with Crippen LogP contribution in [0.2, 0.25) is 0 Å². The molecule has 1 unspecified atom stereocenters. The molecule has 0 spiro atoms. The van der Waals surface area contributed by atoms with Crippen molar-refractivity contribution in [3.05, 3.63) is 69.8 Å². The first-order valence-corrected chi connectivity index (χ1v) is 8.78. The minimum absolute atomic E-state index is 0.116. The molecular weight excluding hydrogens is 421 g/mol. The number of urea groups is 1. The second kappa shape index (κ2) is 7.70. The van der Waals surface area contributed by atoms with Crippen LogP contribution < -0.4 is 10.6 Å². The van der Waals surface area contributed by atoms with E-state index in [4.69, 9.17) is 0 Å².